The molecule has 5 heteroatoms. The Morgan fingerprint density at radius 1 is 0.348 bits per heavy atom. The zero-order valence-corrected chi connectivity index (χ0v) is 43.4. The van der Waals surface area contributed by atoms with Gasteiger partial charge in [0, 0.05) is 19.4 Å². The third-order valence-electron chi connectivity index (χ3n) is 11.6. The summed E-state index contributed by atoms with van der Waals surface area (Å²) in [7, 11) is 0. The number of esters is 2. The molecule has 1 unspecified atom stereocenters. The van der Waals surface area contributed by atoms with Crippen molar-refractivity contribution in [3.05, 3.63) is 97.2 Å². The van der Waals surface area contributed by atoms with Crippen LogP contribution in [0.5, 0.6) is 0 Å². The van der Waals surface area contributed by atoms with E-state index in [1.807, 2.05) is 0 Å². The molecule has 0 N–H and O–H groups in total. The van der Waals surface area contributed by atoms with Gasteiger partial charge in [-0.3, -0.25) is 9.59 Å². The summed E-state index contributed by atoms with van der Waals surface area (Å²) in [6.45, 7) is 7.58. The molecule has 0 amide bonds. The van der Waals surface area contributed by atoms with Gasteiger partial charge in [-0.05, 0) is 96.3 Å². The van der Waals surface area contributed by atoms with Crippen molar-refractivity contribution in [3.8, 4) is 0 Å². The van der Waals surface area contributed by atoms with Crippen molar-refractivity contribution in [3.63, 3.8) is 0 Å². The highest BCUT2D eigenvalue weighted by atomic mass is 16.6. The van der Waals surface area contributed by atoms with Gasteiger partial charge in [-0.1, -0.05) is 240 Å². The Balaban J connectivity index is 4.35. The minimum atomic E-state index is -0.559. The Hall–Kier alpha value is -3.18. The van der Waals surface area contributed by atoms with Crippen molar-refractivity contribution in [2.45, 2.75) is 258 Å². The van der Waals surface area contributed by atoms with Crippen LogP contribution >= 0.6 is 0 Å². The fourth-order valence-electron chi connectivity index (χ4n) is 7.55. The van der Waals surface area contributed by atoms with Gasteiger partial charge in [0.25, 0.3) is 0 Å². The molecule has 1 atom stereocenters. The lowest BCUT2D eigenvalue weighted by molar-refractivity contribution is -0.163. The van der Waals surface area contributed by atoms with Crippen LogP contribution in [0.1, 0.15) is 252 Å². The molecular formula is C61H104O5. The maximum absolute atomic E-state index is 12.8. The molecule has 0 aliphatic carbocycles. The first-order chi connectivity index (χ1) is 32.6. The van der Waals surface area contributed by atoms with Gasteiger partial charge in [-0.15, -0.1) is 0 Å². The lowest BCUT2D eigenvalue weighted by atomic mass is 10.0. The summed E-state index contributed by atoms with van der Waals surface area (Å²) in [4.78, 5) is 25.5. The van der Waals surface area contributed by atoms with Crippen LogP contribution in [0.4, 0.5) is 0 Å². The van der Waals surface area contributed by atoms with E-state index in [0.717, 1.165) is 116 Å². The zero-order chi connectivity index (χ0) is 47.7. The number of carbonyl (C=O) groups is 2. The highest BCUT2D eigenvalue weighted by molar-refractivity contribution is 5.70. The van der Waals surface area contributed by atoms with Gasteiger partial charge in [-0.25, -0.2) is 0 Å². The van der Waals surface area contributed by atoms with Gasteiger partial charge < -0.3 is 14.2 Å². The molecule has 0 aliphatic rings. The lowest BCUT2D eigenvalue weighted by Crippen LogP contribution is -2.30. The van der Waals surface area contributed by atoms with Crippen LogP contribution in [-0.4, -0.2) is 37.9 Å². The van der Waals surface area contributed by atoms with Gasteiger partial charge in [0.15, 0.2) is 6.10 Å². The van der Waals surface area contributed by atoms with E-state index in [4.69, 9.17) is 14.2 Å². The fourth-order valence-corrected chi connectivity index (χ4v) is 7.55. The molecule has 0 aromatic carbocycles. The van der Waals surface area contributed by atoms with Gasteiger partial charge in [0.2, 0.25) is 0 Å². The summed E-state index contributed by atoms with van der Waals surface area (Å²) < 4.78 is 17.4. The van der Waals surface area contributed by atoms with Crippen molar-refractivity contribution in [2.75, 3.05) is 19.8 Å². The molecule has 0 radical (unpaired) electrons. The molecule has 0 saturated heterocycles. The van der Waals surface area contributed by atoms with Crippen LogP contribution in [0.3, 0.4) is 0 Å². The quantitative estimate of drug-likeness (QED) is 0.0346. The highest BCUT2D eigenvalue weighted by Crippen LogP contribution is 2.15. The van der Waals surface area contributed by atoms with Crippen molar-refractivity contribution < 1.29 is 23.8 Å². The lowest BCUT2D eigenvalue weighted by Gasteiger charge is -2.18. The number of hydrogen-bond donors (Lipinski definition) is 0. The van der Waals surface area contributed by atoms with E-state index < -0.39 is 6.10 Å². The second-order valence-corrected chi connectivity index (χ2v) is 18.1. The number of unbranched alkanes of at least 4 members (excludes halogenated alkanes) is 23. The van der Waals surface area contributed by atoms with Gasteiger partial charge >= 0.3 is 11.9 Å². The van der Waals surface area contributed by atoms with Crippen LogP contribution in [0.2, 0.25) is 0 Å². The molecule has 0 aromatic rings. The van der Waals surface area contributed by atoms with E-state index in [0.29, 0.717) is 19.4 Å². The first kappa shape index (κ1) is 62.8. The molecule has 0 spiro atoms. The molecule has 0 aromatic heterocycles. The Morgan fingerprint density at radius 3 is 1.11 bits per heavy atom. The summed E-state index contributed by atoms with van der Waals surface area (Å²) in [6.07, 6.45) is 75.6. The second-order valence-electron chi connectivity index (χ2n) is 18.1. The third-order valence-corrected chi connectivity index (χ3v) is 11.6. The Morgan fingerprint density at radius 2 is 0.682 bits per heavy atom. The van der Waals surface area contributed by atoms with E-state index in [9.17, 15) is 9.59 Å². The number of carbonyl (C=O) groups excluding carboxylic acids is 2. The van der Waals surface area contributed by atoms with E-state index in [1.54, 1.807) is 0 Å². The summed E-state index contributed by atoms with van der Waals surface area (Å²) in [6, 6.07) is 0. The SMILES string of the molecule is CC/C=C\C/C=C\C/C=C\C/C=C\C/C=C\CCCCCC(=O)OCC(COCCCCCCCCCCCCCCCC)OC(=O)CCCCCCCCC/C=C\C/C=C\C/C=C\CC. The minimum absolute atomic E-state index is 0.0614. The first-order valence-corrected chi connectivity index (χ1v) is 27.8. The maximum atomic E-state index is 12.8. The monoisotopic (exact) mass is 917 g/mol. The molecule has 0 heterocycles. The second kappa shape index (κ2) is 56.1. The number of rotatable bonds is 50. The molecule has 0 rings (SSSR count). The average molecular weight is 917 g/mol. The van der Waals surface area contributed by atoms with Crippen molar-refractivity contribution in [1.82, 2.24) is 0 Å². The van der Waals surface area contributed by atoms with Crippen molar-refractivity contribution in [1.29, 1.82) is 0 Å². The molecule has 0 bridgehead atoms. The summed E-state index contributed by atoms with van der Waals surface area (Å²) >= 11 is 0. The Kier molecular flexibility index (Phi) is 53.4. The topological polar surface area (TPSA) is 61.8 Å². The first-order valence-electron chi connectivity index (χ1n) is 27.8. The molecule has 66 heavy (non-hydrogen) atoms. The van der Waals surface area contributed by atoms with E-state index in [2.05, 4.69) is 118 Å². The van der Waals surface area contributed by atoms with Gasteiger partial charge in [0.1, 0.15) is 6.61 Å². The standard InChI is InChI=1S/C61H104O5/c1-4-7-10-13-16-19-22-25-28-30-31-33-34-36-39-42-45-48-51-54-60(62)65-58-59(57-64-56-53-50-47-44-41-38-27-24-21-18-15-12-9-6-3)66-61(63)55-52-49-46-43-40-37-35-32-29-26-23-20-17-14-11-8-5-2/h7-8,10-11,16-17,19-20,25-26,28-29,31,33,36,39,59H,4-6,9,12-15,18,21-24,27,30,32,34-35,37-38,40-58H2,1-3H3/b10-7-,11-8-,19-16-,20-17-,28-25-,29-26-,33-31-,39-36-. The largest absolute Gasteiger partial charge is 0.462 e. The van der Waals surface area contributed by atoms with Crippen LogP contribution in [0.15, 0.2) is 97.2 Å². The molecule has 0 fully saturated rings. The van der Waals surface area contributed by atoms with Crippen LogP contribution in [0.25, 0.3) is 0 Å². The van der Waals surface area contributed by atoms with Gasteiger partial charge in [-0.2, -0.15) is 0 Å². The van der Waals surface area contributed by atoms with E-state index in [1.165, 1.54) is 103 Å². The predicted octanol–water partition coefficient (Wildman–Crippen LogP) is 19.0. The highest BCUT2D eigenvalue weighted by Gasteiger charge is 2.17. The molecular weight excluding hydrogens is 813 g/mol. The maximum Gasteiger partial charge on any atom is 0.306 e. The number of ether oxygens (including phenoxy) is 3. The smallest absolute Gasteiger partial charge is 0.306 e. The zero-order valence-electron chi connectivity index (χ0n) is 43.4. The molecule has 0 aliphatic heterocycles. The fraction of sp³-hybridized carbons (Fsp3) is 0.705. The van der Waals surface area contributed by atoms with Crippen molar-refractivity contribution >= 4 is 11.9 Å². The predicted molar refractivity (Wildman–Crippen MR) is 288 cm³/mol. The molecule has 0 saturated carbocycles. The average Bonchev–Trinajstić information content (AvgIpc) is 3.32. The van der Waals surface area contributed by atoms with Crippen molar-refractivity contribution in [2.24, 2.45) is 0 Å². The minimum Gasteiger partial charge on any atom is -0.462 e. The number of hydrogen-bond acceptors (Lipinski definition) is 5. The van der Waals surface area contributed by atoms with Crippen LogP contribution in [-0.2, 0) is 23.8 Å². The van der Waals surface area contributed by atoms with E-state index >= 15 is 0 Å². The number of allylic oxidation sites excluding steroid dienone is 16. The van der Waals surface area contributed by atoms with E-state index in [-0.39, 0.29) is 25.2 Å². The summed E-state index contributed by atoms with van der Waals surface area (Å²) in [5, 5.41) is 0. The summed E-state index contributed by atoms with van der Waals surface area (Å²) in [5.74, 6) is -0.442. The molecule has 5 nitrogen and oxygen atoms in total. The van der Waals surface area contributed by atoms with Gasteiger partial charge in [0.05, 0.1) is 6.61 Å². The summed E-state index contributed by atoms with van der Waals surface area (Å²) in [5.41, 5.74) is 0. The van der Waals surface area contributed by atoms with Crippen LogP contribution < -0.4 is 0 Å². The van der Waals surface area contributed by atoms with Crippen LogP contribution in [0, 0.1) is 0 Å². The third kappa shape index (κ3) is 53.4. The Labute approximate surface area is 409 Å². The molecule has 378 valence electrons. The Bertz CT molecular complexity index is 1270. The normalized spacial score (nSPS) is 13.0.